The van der Waals surface area contributed by atoms with Crippen LogP contribution in [0.2, 0.25) is 0 Å². The molecule has 20 heavy (non-hydrogen) atoms. The molecule has 1 saturated heterocycles. The highest BCUT2D eigenvalue weighted by Gasteiger charge is 2.15. The molecule has 5 nitrogen and oxygen atoms in total. The van der Waals surface area contributed by atoms with Crippen molar-refractivity contribution in [2.75, 3.05) is 19.8 Å². The highest BCUT2D eigenvalue weighted by molar-refractivity contribution is 5.77. The van der Waals surface area contributed by atoms with Crippen LogP contribution in [0.3, 0.4) is 0 Å². The van der Waals surface area contributed by atoms with Gasteiger partial charge in [0.1, 0.15) is 5.75 Å². The van der Waals surface area contributed by atoms with Crippen LogP contribution in [0.1, 0.15) is 24.8 Å². The van der Waals surface area contributed by atoms with E-state index in [2.05, 4.69) is 5.32 Å². The maximum Gasteiger partial charge on any atom is 0.257 e. The molecule has 1 N–H and O–H groups in total. The second kappa shape index (κ2) is 7.51. The van der Waals surface area contributed by atoms with Gasteiger partial charge in [-0.3, -0.25) is 4.79 Å². The number of hydrogen-bond acceptors (Lipinski definition) is 4. The minimum absolute atomic E-state index is 0.0164. The summed E-state index contributed by atoms with van der Waals surface area (Å²) in [5, 5.41) is 11.5. The molecule has 5 heteroatoms. The zero-order valence-corrected chi connectivity index (χ0v) is 11.3. The van der Waals surface area contributed by atoms with E-state index in [1.165, 1.54) is 0 Å². The Hall–Kier alpha value is -2.06. The highest BCUT2D eigenvalue weighted by Crippen LogP contribution is 2.14. The van der Waals surface area contributed by atoms with Gasteiger partial charge in [-0.15, -0.1) is 0 Å². The Balaban J connectivity index is 1.62. The summed E-state index contributed by atoms with van der Waals surface area (Å²) in [4.78, 5) is 11.6. The van der Waals surface area contributed by atoms with Gasteiger partial charge < -0.3 is 14.8 Å². The van der Waals surface area contributed by atoms with Gasteiger partial charge in [0, 0.05) is 13.2 Å². The van der Waals surface area contributed by atoms with Crippen molar-refractivity contribution in [3.8, 4) is 11.8 Å². The lowest BCUT2D eigenvalue weighted by Gasteiger charge is -2.10. The van der Waals surface area contributed by atoms with Gasteiger partial charge in [0.2, 0.25) is 0 Å². The number of carbonyl (C=O) groups is 1. The lowest BCUT2D eigenvalue weighted by Crippen LogP contribution is -2.31. The van der Waals surface area contributed by atoms with Crippen molar-refractivity contribution < 1.29 is 14.3 Å². The highest BCUT2D eigenvalue weighted by atomic mass is 16.5. The minimum atomic E-state index is -0.146. The summed E-state index contributed by atoms with van der Waals surface area (Å²) in [5.41, 5.74) is 0.568. The van der Waals surface area contributed by atoms with Crippen molar-refractivity contribution in [2.45, 2.75) is 25.4 Å². The van der Waals surface area contributed by atoms with Crippen LogP contribution in [0.5, 0.6) is 5.75 Å². The lowest BCUT2D eigenvalue weighted by molar-refractivity contribution is -0.123. The molecular weight excluding hydrogens is 256 g/mol. The van der Waals surface area contributed by atoms with Gasteiger partial charge in [-0.1, -0.05) is 0 Å². The molecule has 1 aromatic rings. The number of rotatable bonds is 6. The topological polar surface area (TPSA) is 71.3 Å². The molecule has 1 heterocycles. The maximum atomic E-state index is 11.6. The molecule has 1 atom stereocenters. The molecule has 1 aromatic carbocycles. The molecule has 0 bridgehead atoms. The van der Waals surface area contributed by atoms with E-state index in [1.54, 1.807) is 24.3 Å². The Labute approximate surface area is 118 Å². The normalized spacial score (nSPS) is 17.4. The molecule has 1 amide bonds. The number of benzene rings is 1. The fraction of sp³-hybridized carbons (Fsp3) is 0.467. The zero-order chi connectivity index (χ0) is 14.2. The number of nitriles is 1. The molecule has 1 aliphatic rings. The van der Waals surface area contributed by atoms with Crippen LogP contribution in [0, 0.1) is 11.3 Å². The van der Waals surface area contributed by atoms with Gasteiger partial charge in [0.15, 0.2) is 6.61 Å². The van der Waals surface area contributed by atoms with E-state index in [0.717, 1.165) is 25.9 Å². The third-order valence-electron chi connectivity index (χ3n) is 3.17. The number of carbonyl (C=O) groups excluding carboxylic acids is 1. The van der Waals surface area contributed by atoms with Crippen molar-refractivity contribution in [3.05, 3.63) is 29.8 Å². The zero-order valence-electron chi connectivity index (χ0n) is 11.3. The Morgan fingerprint density at radius 1 is 1.45 bits per heavy atom. The predicted molar refractivity (Wildman–Crippen MR) is 73.3 cm³/mol. The fourth-order valence-electron chi connectivity index (χ4n) is 2.07. The summed E-state index contributed by atoms with van der Waals surface area (Å²) in [6, 6.07) is 8.70. The maximum absolute atomic E-state index is 11.6. The molecule has 0 radical (unpaired) electrons. The predicted octanol–water partition coefficient (Wildman–Crippen LogP) is 1.62. The second-order valence-electron chi connectivity index (χ2n) is 4.70. The van der Waals surface area contributed by atoms with Gasteiger partial charge in [0.05, 0.1) is 17.7 Å². The first-order valence-electron chi connectivity index (χ1n) is 6.79. The van der Waals surface area contributed by atoms with E-state index < -0.39 is 0 Å². The van der Waals surface area contributed by atoms with Crippen LogP contribution in [0.15, 0.2) is 24.3 Å². The van der Waals surface area contributed by atoms with Crippen LogP contribution in [-0.2, 0) is 9.53 Å². The van der Waals surface area contributed by atoms with E-state index in [4.69, 9.17) is 14.7 Å². The molecule has 106 valence electrons. The Kier molecular flexibility index (Phi) is 5.39. The third kappa shape index (κ3) is 4.56. The molecule has 2 rings (SSSR count). The number of hydrogen-bond donors (Lipinski definition) is 1. The van der Waals surface area contributed by atoms with Crippen LogP contribution >= 0.6 is 0 Å². The fourth-order valence-corrected chi connectivity index (χ4v) is 2.07. The van der Waals surface area contributed by atoms with Crippen LogP contribution < -0.4 is 10.1 Å². The van der Waals surface area contributed by atoms with Gasteiger partial charge in [-0.25, -0.2) is 0 Å². The smallest absolute Gasteiger partial charge is 0.257 e. The number of nitrogens with zero attached hydrogens (tertiary/aromatic N) is 1. The Morgan fingerprint density at radius 3 is 2.90 bits per heavy atom. The third-order valence-corrected chi connectivity index (χ3v) is 3.17. The van der Waals surface area contributed by atoms with Crippen molar-refractivity contribution in [2.24, 2.45) is 0 Å². The van der Waals surface area contributed by atoms with Crippen LogP contribution in [0.25, 0.3) is 0 Å². The quantitative estimate of drug-likeness (QED) is 0.855. The van der Waals surface area contributed by atoms with Crippen molar-refractivity contribution in [3.63, 3.8) is 0 Å². The number of ether oxygens (including phenoxy) is 2. The van der Waals surface area contributed by atoms with E-state index >= 15 is 0 Å². The molecule has 0 spiro atoms. The summed E-state index contributed by atoms with van der Waals surface area (Å²) in [5.74, 6) is 0.436. The van der Waals surface area contributed by atoms with Gasteiger partial charge in [-0.2, -0.15) is 5.26 Å². The van der Waals surface area contributed by atoms with Gasteiger partial charge in [-0.05, 0) is 43.5 Å². The monoisotopic (exact) mass is 274 g/mol. The Morgan fingerprint density at radius 2 is 2.25 bits per heavy atom. The largest absolute Gasteiger partial charge is 0.484 e. The van der Waals surface area contributed by atoms with Crippen LogP contribution in [-0.4, -0.2) is 31.8 Å². The first-order chi connectivity index (χ1) is 9.78. The average molecular weight is 274 g/mol. The van der Waals surface area contributed by atoms with Crippen LogP contribution in [0.4, 0.5) is 0 Å². The summed E-state index contributed by atoms with van der Waals surface area (Å²) < 4.78 is 10.8. The summed E-state index contributed by atoms with van der Waals surface area (Å²) >= 11 is 0. The molecule has 0 aliphatic carbocycles. The van der Waals surface area contributed by atoms with E-state index in [0.29, 0.717) is 17.9 Å². The van der Waals surface area contributed by atoms with Crippen molar-refractivity contribution in [1.29, 1.82) is 5.26 Å². The molecule has 0 saturated carbocycles. The molecule has 0 unspecified atom stereocenters. The minimum Gasteiger partial charge on any atom is -0.484 e. The summed E-state index contributed by atoms with van der Waals surface area (Å²) in [6.45, 7) is 1.43. The van der Waals surface area contributed by atoms with Gasteiger partial charge >= 0.3 is 0 Å². The first kappa shape index (κ1) is 14.4. The first-order valence-corrected chi connectivity index (χ1v) is 6.79. The molecule has 1 aliphatic heterocycles. The van der Waals surface area contributed by atoms with E-state index in [-0.39, 0.29) is 18.6 Å². The number of nitrogens with one attached hydrogen (secondary N) is 1. The molecule has 0 aromatic heterocycles. The average Bonchev–Trinajstić information content (AvgIpc) is 2.99. The SMILES string of the molecule is N#Cc1ccc(OCC(=O)NCC[C@@H]2CCCO2)cc1. The van der Waals surface area contributed by atoms with E-state index in [1.807, 2.05) is 6.07 Å². The van der Waals surface area contributed by atoms with Crippen molar-refractivity contribution >= 4 is 5.91 Å². The Bertz CT molecular complexity index is 473. The number of amides is 1. The summed E-state index contributed by atoms with van der Waals surface area (Å²) in [7, 11) is 0. The second-order valence-corrected chi connectivity index (χ2v) is 4.70. The lowest BCUT2D eigenvalue weighted by atomic mass is 10.2. The summed E-state index contributed by atoms with van der Waals surface area (Å²) in [6.07, 6.45) is 3.33. The van der Waals surface area contributed by atoms with E-state index in [9.17, 15) is 4.79 Å². The van der Waals surface area contributed by atoms with Gasteiger partial charge in [0.25, 0.3) is 5.91 Å². The molecular formula is C15H18N2O3. The standard InChI is InChI=1S/C15H18N2O3/c16-10-12-3-5-14(6-4-12)20-11-15(18)17-8-7-13-2-1-9-19-13/h3-6,13H,1-2,7-9,11H2,(H,17,18)/t13-/m0/s1. The molecule has 1 fully saturated rings. The van der Waals surface area contributed by atoms with Crippen molar-refractivity contribution in [1.82, 2.24) is 5.32 Å².